The summed E-state index contributed by atoms with van der Waals surface area (Å²) in [4.78, 5) is 32.6. The number of nitrogens with one attached hydrogen (secondary N) is 2. The van der Waals surface area contributed by atoms with Crippen LogP contribution in [0.3, 0.4) is 0 Å². The standard InChI is InChI=1S/C30H28F4N6O3/c1-39-12-13-43-26(17-39)29(42)35-16-19-8-9-25(27(36-19)18-6-4-3-5-7-18)37-28(41)21-14-20(24-10-11-40(2)38-24)22(15-23(21)31)30(32,33)34/h3-11,14-15,26H,12-13,16-17H2,1-2H3,(H,35,42)(H,37,41)/t26-/m1/s1. The van der Waals surface area contributed by atoms with Gasteiger partial charge in [-0.3, -0.25) is 14.3 Å². The van der Waals surface area contributed by atoms with E-state index in [0.717, 1.165) is 12.6 Å². The maximum absolute atomic E-state index is 15.0. The molecule has 43 heavy (non-hydrogen) atoms. The van der Waals surface area contributed by atoms with Gasteiger partial charge in [-0.1, -0.05) is 30.3 Å². The number of anilines is 1. The van der Waals surface area contributed by atoms with Gasteiger partial charge in [0.05, 0.1) is 47.0 Å². The zero-order valence-electron chi connectivity index (χ0n) is 23.3. The number of nitrogens with zero attached hydrogens (tertiary/aromatic N) is 4. The highest BCUT2D eigenvalue weighted by atomic mass is 19.4. The summed E-state index contributed by atoms with van der Waals surface area (Å²) in [6, 6.07) is 14.5. The highest BCUT2D eigenvalue weighted by molar-refractivity contribution is 6.07. The Bertz CT molecular complexity index is 1640. The monoisotopic (exact) mass is 596 g/mol. The molecule has 2 aromatic heterocycles. The van der Waals surface area contributed by atoms with Gasteiger partial charge in [-0.2, -0.15) is 18.3 Å². The fourth-order valence-corrected chi connectivity index (χ4v) is 4.69. The average Bonchev–Trinajstić information content (AvgIpc) is 3.42. The van der Waals surface area contributed by atoms with E-state index in [1.165, 1.54) is 24.0 Å². The van der Waals surface area contributed by atoms with Gasteiger partial charge in [-0.05, 0) is 37.4 Å². The van der Waals surface area contributed by atoms with Gasteiger partial charge in [0.15, 0.2) is 0 Å². The van der Waals surface area contributed by atoms with Crippen LogP contribution < -0.4 is 10.6 Å². The van der Waals surface area contributed by atoms with Crippen molar-refractivity contribution in [2.75, 3.05) is 32.1 Å². The van der Waals surface area contributed by atoms with E-state index in [2.05, 4.69) is 20.7 Å². The molecule has 0 spiro atoms. The number of ether oxygens (including phenoxy) is 1. The highest BCUT2D eigenvalue weighted by Crippen LogP contribution is 2.38. The Morgan fingerprint density at radius 3 is 2.51 bits per heavy atom. The van der Waals surface area contributed by atoms with Crippen LogP contribution in [-0.4, -0.2) is 64.3 Å². The fraction of sp³-hybridized carbons (Fsp3) is 0.267. The van der Waals surface area contributed by atoms with E-state index < -0.39 is 40.7 Å². The molecule has 0 radical (unpaired) electrons. The largest absolute Gasteiger partial charge is 0.417 e. The lowest BCUT2D eigenvalue weighted by Gasteiger charge is -2.29. The van der Waals surface area contributed by atoms with Gasteiger partial charge in [-0.25, -0.2) is 9.37 Å². The first-order valence-electron chi connectivity index (χ1n) is 13.3. The van der Waals surface area contributed by atoms with Crippen LogP contribution in [0.2, 0.25) is 0 Å². The summed E-state index contributed by atoms with van der Waals surface area (Å²) in [5, 5.41) is 9.42. The van der Waals surface area contributed by atoms with Crippen molar-refractivity contribution in [2.45, 2.75) is 18.8 Å². The number of amides is 2. The van der Waals surface area contributed by atoms with Crippen molar-refractivity contribution in [1.29, 1.82) is 0 Å². The Morgan fingerprint density at radius 2 is 1.84 bits per heavy atom. The third-order valence-electron chi connectivity index (χ3n) is 6.90. The number of aromatic nitrogens is 3. The van der Waals surface area contributed by atoms with E-state index in [0.29, 0.717) is 36.2 Å². The molecule has 224 valence electrons. The van der Waals surface area contributed by atoms with Crippen molar-refractivity contribution < 1.29 is 31.9 Å². The molecule has 0 saturated carbocycles. The number of alkyl halides is 3. The molecule has 13 heteroatoms. The highest BCUT2D eigenvalue weighted by Gasteiger charge is 2.36. The van der Waals surface area contributed by atoms with Gasteiger partial charge in [0.2, 0.25) is 0 Å². The lowest BCUT2D eigenvalue weighted by Crippen LogP contribution is -2.48. The molecule has 0 bridgehead atoms. The second-order valence-corrected chi connectivity index (χ2v) is 10.1. The molecule has 3 heterocycles. The predicted octanol–water partition coefficient (Wildman–Crippen LogP) is 4.51. The number of carbonyl (C=O) groups excluding carboxylic acids is 2. The third-order valence-corrected chi connectivity index (χ3v) is 6.90. The van der Waals surface area contributed by atoms with Crippen LogP contribution in [0, 0.1) is 5.82 Å². The van der Waals surface area contributed by atoms with Crippen LogP contribution in [0.1, 0.15) is 21.6 Å². The average molecular weight is 597 g/mol. The molecule has 2 aromatic carbocycles. The van der Waals surface area contributed by atoms with E-state index in [4.69, 9.17) is 4.74 Å². The fourth-order valence-electron chi connectivity index (χ4n) is 4.69. The van der Waals surface area contributed by atoms with Crippen LogP contribution in [0.4, 0.5) is 23.2 Å². The van der Waals surface area contributed by atoms with Crippen molar-refractivity contribution in [3.63, 3.8) is 0 Å². The first kappa shape index (κ1) is 29.9. The molecule has 0 aliphatic carbocycles. The van der Waals surface area contributed by atoms with E-state index >= 15 is 4.39 Å². The molecule has 1 aliphatic heterocycles. The van der Waals surface area contributed by atoms with Gasteiger partial charge in [0.1, 0.15) is 11.9 Å². The van der Waals surface area contributed by atoms with Crippen molar-refractivity contribution >= 4 is 17.5 Å². The quantitative estimate of drug-likeness (QED) is 0.305. The summed E-state index contributed by atoms with van der Waals surface area (Å²) >= 11 is 0. The Morgan fingerprint density at radius 1 is 1.07 bits per heavy atom. The minimum Gasteiger partial charge on any atom is -0.366 e. The van der Waals surface area contributed by atoms with Gasteiger partial charge in [0.25, 0.3) is 11.8 Å². The first-order chi connectivity index (χ1) is 20.5. The van der Waals surface area contributed by atoms with Crippen LogP contribution in [0.5, 0.6) is 0 Å². The van der Waals surface area contributed by atoms with E-state index in [9.17, 15) is 22.8 Å². The summed E-state index contributed by atoms with van der Waals surface area (Å²) in [7, 11) is 3.43. The number of hydrogen-bond acceptors (Lipinski definition) is 6. The predicted molar refractivity (Wildman–Crippen MR) is 150 cm³/mol. The van der Waals surface area contributed by atoms with Crippen LogP contribution in [0.15, 0.2) is 66.9 Å². The number of aryl methyl sites for hydroxylation is 1. The molecule has 5 rings (SSSR count). The zero-order valence-corrected chi connectivity index (χ0v) is 23.3. The summed E-state index contributed by atoms with van der Waals surface area (Å²) < 4.78 is 63.2. The Kier molecular flexibility index (Phi) is 8.55. The normalized spacial score (nSPS) is 15.7. The van der Waals surface area contributed by atoms with Gasteiger partial charge >= 0.3 is 6.18 Å². The summed E-state index contributed by atoms with van der Waals surface area (Å²) in [6.07, 6.45) is -4.04. The topological polar surface area (TPSA) is 101 Å². The second-order valence-electron chi connectivity index (χ2n) is 10.1. The summed E-state index contributed by atoms with van der Waals surface area (Å²) in [5.74, 6) is -2.59. The zero-order chi connectivity index (χ0) is 30.7. The van der Waals surface area contributed by atoms with Crippen LogP contribution in [-0.2, 0) is 29.3 Å². The number of pyridine rings is 1. The number of halogens is 4. The molecule has 1 aliphatic rings. The molecule has 2 N–H and O–H groups in total. The molecule has 1 fully saturated rings. The molecular formula is C30H28F4N6O3. The van der Waals surface area contributed by atoms with Gasteiger partial charge in [0, 0.05) is 37.5 Å². The van der Waals surface area contributed by atoms with Crippen molar-refractivity contribution in [2.24, 2.45) is 7.05 Å². The molecule has 1 saturated heterocycles. The molecule has 1 atom stereocenters. The van der Waals surface area contributed by atoms with E-state index in [-0.39, 0.29) is 23.8 Å². The minimum atomic E-state index is -4.88. The van der Waals surface area contributed by atoms with Crippen molar-refractivity contribution in [3.8, 4) is 22.5 Å². The molecule has 4 aromatic rings. The number of hydrogen-bond donors (Lipinski definition) is 2. The molecule has 2 amide bonds. The number of benzene rings is 2. The SMILES string of the molecule is CN1CCO[C@@H](C(=O)NCc2ccc(NC(=O)c3cc(-c4ccn(C)n4)c(C(F)(F)F)cc3F)c(-c3ccccc3)n2)C1. The van der Waals surface area contributed by atoms with Gasteiger partial charge in [-0.15, -0.1) is 0 Å². The number of likely N-dealkylation sites (N-methyl/N-ethyl adjacent to an activating group) is 1. The lowest BCUT2D eigenvalue weighted by atomic mass is 9.99. The third kappa shape index (κ3) is 6.89. The maximum atomic E-state index is 15.0. The van der Waals surface area contributed by atoms with E-state index in [1.54, 1.807) is 42.5 Å². The van der Waals surface area contributed by atoms with Crippen LogP contribution in [0.25, 0.3) is 22.5 Å². The first-order valence-corrected chi connectivity index (χ1v) is 13.3. The van der Waals surface area contributed by atoms with Crippen molar-refractivity contribution in [3.05, 3.63) is 89.5 Å². The Balaban J connectivity index is 1.43. The molecule has 0 unspecified atom stereocenters. The van der Waals surface area contributed by atoms with Gasteiger partial charge < -0.3 is 20.3 Å². The van der Waals surface area contributed by atoms with Crippen molar-refractivity contribution in [1.82, 2.24) is 25.0 Å². The lowest BCUT2D eigenvalue weighted by molar-refractivity contribution is -0.138. The number of carbonyl (C=O) groups is 2. The Hall–Kier alpha value is -4.62. The summed E-state index contributed by atoms with van der Waals surface area (Å²) in [6.45, 7) is 1.72. The summed E-state index contributed by atoms with van der Waals surface area (Å²) in [5.41, 5.74) is -0.718. The number of morpholine rings is 1. The minimum absolute atomic E-state index is 0.0628. The second kappa shape index (κ2) is 12.3. The van der Waals surface area contributed by atoms with Crippen LogP contribution >= 0.6 is 0 Å². The maximum Gasteiger partial charge on any atom is 0.417 e. The number of rotatable bonds is 7. The Labute approximate surface area is 244 Å². The van der Waals surface area contributed by atoms with E-state index in [1.807, 2.05) is 11.9 Å². The smallest absolute Gasteiger partial charge is 0.366 e. The molecular weight excluding hydrogens is 568 g/mol. The molecule has 9 nitrogen and oxygen atoms in total.